The molecule has 0 aromatic heterocycles. The van der Waals surface area contributed by atoms with Gasteiger partial charge in [-0.2, -0.15) is 0 Å². The van der Waals surface area contributed by atoms with Gasteiger partial charge in [0.05, 0.1) is 18.0 Å². The SMILES string of the molecule is CCN(CC)c1ccc2c(-c3ccccc3C(=O)N[C@H](C)COC(=O)[C@@H](C)c3ccc(-c4ccccc4)c(F)c3)c3ccc(=[N+](CC)CC)cc-3oc2c1. The van der Waals surface area contributed by atoms with E-state index in [9.17, 15) is 9.59 Å². The molecule has 0 fully saturated rings. The van der Waals surface area contributed by atoms with Crippen LogP contribution in [0.3, 0.4) is 0 Å². The van der Waals surface area contributed by atoms with E-state index in [0.717, 1.165) is 76.2 Å². The van der Waals surface area contributed by atoms with Gasteiger partial charge in [-0.1, -0.05) is 60.7 Å². The number of nitrogens with zero attached hydrogens (tertiary/aromatic N) is 2. The van der Waals surface area contributed by atoms with Crippen LogP contribution in [0.25, 0.3) is 44.5 Å². The van der Waals surface area contributed by atoms with Gasteiger partial charge in [0.2, 0.25) is 5.36 Å². The van der Waals surface area contributed by atoms with Crippen LogP contribution in [0.4, 0.5) is 10.1 Å². The molecule has 0 spiro atoms. The number of carbonyl (C=O) groups is 2. The van der Waals surface area contributed by atoms with E-state index in [4.69, 9.17) is 9.15 Å². The average molecular weight is 727 g/mol. The molecule has 54 heavy (non-hydrogen) atoms. The van der Waals surface area contributed by atoms with Gasteiger partial charge < -0.3 is 19.4 Å². The van der Waals surface area contributed by atoms with Gasteiger partial charge >= 0.3 is 5.97 Å². The first kappa shape index (κ1) is 38.0. The van der Waals surface area contributed by atoms with Crippen molar-refractivity contribution in [3.05, 3.63) is 131 Å². The second kappa shape index (κ2) is 16.9. The van der Waals surface area contributed by atoms with Crippen LogP contribution in [-0.4, -0.2) is 50.7 Å². The van der Waals surface area contributed by atoms with Gasteiger partial charge in [-0.15, -0.1) is 0 Å². The lowest BCUT2D eigenvalue weighted by Gasteiger charge is -2.23. The third kappa shape index (κ3) is 7.93. The average Bonchev–Trinajstić information content (AvgIpc) is 3.19. The van der Waals surface area contributed by atoms with Crippen LogP contribution < -0.4 is 20.1 Å². The maximum Gasteiger partial charge on any atom is 0.313 e. The van der Waals surface area contributed by atoms with Crippen molar-refractivity contribution in [1.29, 1.82) is 0 Å². The number of carbonyl (C=O) groups excluding carboxylic acids is 2. The predicted molar refractivity (Wildman–Crippen MR) is 216 cm³/mol. The molecular formula is C46H49FN3O4+. The molecule has 0 saturated heterocycles. The molecule has 1 N–H and O–H groups in total. The molecule has 0 radical (unpaired) electrons. The molecule has 8 heteroatoms. The molecule has 4 aromatic carbocycles. The first-order chi connectivity index (χ1) is 26.2. The highest BCUT2D eigenvalue weighted by molar-refractivity contribution is 6.09. The standard InChI is InChI=1S/C46H48FN3O4/c1-7-49(8-2)34-21-24-39-42(27-34)54-43-28-35(50(9-3)10-4)22-25-40(43)44(39)37-18-14-15-19-38(37)45(51)48-30(5)29-53-46(52)31(6)33-20-23-36(41(47)26-33)32-16-12-11-13-17-32/h11-28,30-31H,7-10,29H2,1-6H3/p+1/t30-,31+/m1/s1. The monoisotopic (exact) mass is 726 g/mol. The molecule has 7 nitrogen and oxygen atoms in total. The van der Waals surface area contributed by atoms with Crippen molar-refractivity contribution in [1.82, 2.24) is 9.89 Å². The zero-order valence-corrected chi connectivity index (χ0v) is 32.0. The maximum atomic E-state index is 15.1. The summed E-state index contributed by atoms with van der Waals surface area (Å²) >= 11 is 0. The number of halogens is 1. The molecule has 1 amide bonds. The van der Waals surface area contributed by atoms with E-state index in [1.807, 2.05) is 54.6 Å². The highest BCUT2D eigenvalue weighted by Crippen LogP contribution is 2.42. The molecule has 0 bridgehead atoms. The lowest BCUT2D eigenvalue weighted by atomic mass is 9.90. The molecule has 4 aromatic rings. The number of esters is 1. The number of benzene rings is 5. The summed E-state index contributed by atoms with van der Waals surface area (Å²) in [6.07, 6.45) is 0. The third-order valence-electron chi connectivity index (χ3n) is 10.2. The second-order valence-electron chi connectivity index (χ2n) is 13.6. The van der Waals surface area contributed by atoms with E-state index < -0.39 is 23.7 Å². The van der Waals surface area contributed by atoms with Crippen LogP contribution >= 0.6 is 0 Å². The summed E-state index contributed by atoms with van der Waals surface area (Å²) in [5.74, 6) is -1.15. The Morgan fingerprint density at radius 2 is 1.50 bits per heavy atom. The summed E-state index contributed by atoms with van der Waals surface area (Å²) in [4.78, 5) is 29.4. The zero-order valence-electron chi connectivity index (χ0n) is 32.0. The van der Waals surface area contributed by atoms with Gasteiger partial charge in [0, 0.05) is 58.5 Å². The number of hydrogen-bond acceptors (Lipinski definition) is 5. The number of fused-ring (bicyclic) bond motifs is 2. The van der Waals surface area contributed by atoms with E-state index in [0.29, 0.717) is 16.7 Å². The van der Waals surface area contributed by atoms with Crippen LogP contribution in [0.2, 0.25) is 0 Å². The summed E-state index contributed by atoms with van der Waals surface area (Å²) in [5, 5.41) is 5.01. The van der Waals surface area contributed by atoms with Crippen LogP contribution in [0, 0.1) is 5.82 Å². The highest BCUT2D eigenvalue weighted by atomic mass is 19.1. The van der Waals surface area contributed by atoms with Crippen molar-refractivity contribution in [2.75, 3.05) is 37.7 Å². The second-order valence-corrected chi connectivity index (χ2v) is 13.6. The van der Waals surface area contributed by atoms with Crippen LogP contribution in [0.5, 0.6) is 0 Å². The Labute approximate surface area is 317 Å². The van der Waals surface area contributed by atoms with Gasteiger partial charge in [-0.25, -0.2) is 8.97 Å². The number of amides is 1. The first-order valence-corrected chi connectivity index (χ1v) is 18.9. The van der Waals surface area contributed by atoms with E-state index in [1.165, 1.54) is 6.07 Å². The summed E-state index contributed by atoms with van der Waals surface area (Å²) in [6.45, 7) is 15.4. The number of ether oxygens (including phenoxy) is 1. The molecule has 1 aliphatic carbocycles. The lowest BCUT2D eigenvalue weighted by Crippen LogP contribution is -2.37. The Morgan fingerprint density at radius 1 is 0.796 bits per heavy atom. The van der Waals surface area contributed by atoms with Crippen molar-refractivity contribution >= 4 is 28.5 Å². The summed E-state index contributed by atoms with van der Waals surface area (Å²) < 4.78 is 29.6. The first-order valence-electron chi connectivity index (χ1n) is 18.9. The highest BCUT2D eigenvalue weighted by Gasteiger charge is 2.25. The van der Waals surface area contributed by atoms with Crippen LogP contribution in [0.1, 0.15) is 63.4 Å². The fraction of sp³-hybridized carbons (Fsp3) is 0.283. The fourth-order valence-electron chi connectivity index (χ4n) is 7.09. The predicted octanol–water partition coefficient (Wildman–Crippen LogP) is 9.13. The van der Waals surface area contributed by atoms with Crippen molar-refractivity contribution in [3.63, 3.8) is 0 Å². The number of hydrogen-bond donors (Lipinski definition) is 1. The molecule has 1 aliphatic heterocycles. The summed E-state index contributed by atoms with van der Waals surface area (Å²) in [6, 6.07) is 33.7. The Morgan fingerprint density at radius 3 is 2.20 bits per heavy atom. The van der Waals surface area contributed by atoms with Crippen molar-refractivity contribution in [2.24, 2.45) is 0 Å². The molecule has 278 valence electrons. The topological polar surface area (TPSA) is 74.8 Å². The molecular weight excluding hydrogens is 678 g/mol. The Kier molecular flexibility index (Phi) is 11.9. The summed E-state index contributed by atoms with van der Waals surface area (Å²) in [7, 11) is 0. The maximum absolute atomic E-state index is 15.1. The minimum Gasteiger partial charge on any atom is -0.463 e. The molecule has 0 unspecified atom stereocenters. The van der Waals surface area contributed by atoms with Crippen molar-refractivity contribution < 1.29 is 23.1 Å². The molecule has 2 aliphatic rings. The number of rotatable bonds is 13. The van der Waals surface area contributed by atoms with E-state index in [-0.39, 0.29) is 12.5 Å². The Balaban J connectivity index is 1.26. The largest absolute Gasteiger partial charge is 0.463 e. The molecule has 2 atom stereocenters. The van der Waals surface area contributed by atoms with Gasteiger partial charge in [0.15, 0.2) is 0 Å². The van der Waals surface area contributed by atoms with Gasteiger partial charge in [0.25, 0.3) is 5.91 Å². The zero-order chi connectivity index (χ0) is 38.4. The number of anilines is 1. The Bertz CT molecular complexity index is 2310. The van der Waals surface area contributed by atoms with Crippen molar-refractivity contribution in [2.45, 2.75) is 53.5 Å². The van der Waals surface area contributed by atoms with Gasteiger partial charge in [-0.05, 0) is 88.6 Å². The van der Waals surface area contributed by atoms with Gasteiger partial charge in [0.1, 0.15) is 36.9 Å². The lowest BCUT2D eigenvalue weighted by molar-refractivity contribution is -0.145. The summed E-state index contributed by atoms with van der Waals surface area (Å²) in [5.41, 5.74) is 6.63. The van der Waals surface area contributed by atoms with Gasteiger partial charge in [-0.3, -0.25) is 9.59 Å². The van der Waals surface area contributed by atoms with E-state index >= 15 is 4.39 Å². The smallest absolute Gasteiger partial charge is 0.313 e. The van der Waals surface area contributed by atoms with E-state index in [2.05, 4.69) is 78.9 Å². The molecule has 0 saturated carbocycles. The van der Waals surface area contributed by atoms with Crippen LogP contribution in [-0.2, 0) is 9.53 Å². The van der Waals surface area contributed by atoms with Crippen molar-refractivity contribution in [3.8, 4) is 33.6 Å². The molecule has 6 rings (SSSR count). The molecule has 1 heterocycles. The Hall–Kier alpha value is -5.76. The normalized spacial score (nSPS) is 12.4. The minimum atomic E-state index is -0.692. The van der Waals surface area contributed by atoms with E-state index in [1.54, 1.807) is 26.0 Å². The minimum absolute atomic E-state index is 0.0417. The number of nitrogens with one attached hydrogen (secondary N) is 1. The quantitative estimate of drug-likeness (QED) is 0.0730. The third-order valence-corrected chi connectivity index (χ3v) is 10.2. The fourth-order valence-corrected chi connectivity index (χ4v) is 7.09. The van der Waals surface area contributed by atoms with Crippen LogP contribution in [0.15, 0.2) is 114 Å².